The molecule has 1 aromatic rings. The number of hydrogen-bond donors (Lipinski definition) is 3. The standard InChI is InChI=1S/C12H20N4O3/c1-7(12(18)19)6-14-11(17)10(13)5-9-4-8(2)15-16(9)3/h4,7,10H,5-6,13H2,1-3H3,(H,14,17)(H,18,19)/t7-,10+/m1/s1. The van der Waals surface area contributed by atoms with Gasteiger partial charge in [-0.1, -0.05) is 6.92 Å². The molecule has 7 nitrogen and oxygen atoms in total. The lowest BCUT2D eigenvalue weighted by Gasteiger charge is -2.13. The SMILES string of the molecule is Cc1cc(C[C@H](N)C(=O)NC[C@@H](C)C(=O)O)n(C)n1. The highest BCUT2D eigenvalue weighted by Crippen LogP contribution is 2.04. The molecular formula is C12H20N4O3. The molecule has 0 bridgehead atoms. The molecule has 0 saturated heterocycles. The zero-order valence-electron chi connectivity index (χ0n) is 11.4. The molecule has 0 unspecified atom stereocenters. The molecule has 0 fully saturated rings. The number of nitrogens with one attached hydrogen (secondary N) is 1. The van der Waals surface area contributed by atoms with Crippen molar-refractivity contribution in [2.24, 2.45) is 18.7 Å². The Bertz CT molecular complexity index is 470. The van der Waals surface area contributed by atoms with Crippen molar-refractivity contribution in [2.75, 3.05) is 6.54 Å². The van der Waals surface area contributed by atoms with E-state index >= 15 is 0 Å². The molecule has 1 rings (SSSR count). The molecule has 0 radical (unpaired) electrons. The monoisotopic (exact) mass is 268 g/mol. The maximum Gasteiger partial charge on any atom is 0.308 e. The van der Waals surface area contributed by atoms with Gasteiger partial charge in [-0.3, -0.25) is 14.3 Å². The highest BCUT2D eigenvalue weighted by Gasteiger charge is 2.18. The smallest absolute Gasteiger partial charge is 0.308 e. The summed E-state index contributed by atoms with van der Waals surface area (Å²) < 4.78 is 1.68. The summed E-state index contributed by atoms with van der Waals surface area (Å²) in [5, 5.41) is 15.4. The molecule has 0 saturated carbocycles. The molecule has 0 aliphatic carbocycles. The van der Waals surface area contributed by atoms with Gasteiger partial charge in [-0.05, 0) is 13.0 Å². The van der Waals surface area contributed by atoms with E-state index in [2.05, 4.69) is 10.4 Å². The van der Waals surface area contributed by atoms with Gasteiger partial charge in [0.25, 0.3) is 0 Å². The Morgan fingerprint density at radius 1 is 1.58 bits per heavy atom. The minimum Gasteiger partial charge on any atom is -0.481 e. The first-order chi connectivity index (χ1) is 8.81. The minimum atomic E-state index is -0.948. The Morgan fingerprint density at radius 2 is 2.21 bits per heavy atom. The number of carbonyl (C=O) groups excluding carboxylic acids is 1. The van der Waals surface area contributed by atoms with Crippen molar-refractivity contribution >= 4 is 11.9 Å². The molecule has 0 aromatic carbocycles. The Balaban J connectivity index is 2.49. The van der Waals surface area contributed by atoms with E-state index in [4.69, 9.17) is 10.8 Å². The fourth-order valence-electron chi connectivity index (χ4n) is 1.65. The van der Waals surface area contributed by atoms with Gasteiger partial charge in [0.1, 0.15) is 0 Å². The van der Waals surface area contributed by atoms with Gasteiger partial charge in [-0.2, -0.15) is 5.10 Å². The van der Waals surface area contributed by atoms with Crippen LogP contribution in [0.1, 0.15) is 18.3 Å². The third-order valence-electron chi connectivity index (χ3n) is 2.87. The zero-order valence-corrected chi connectivity index (χ0v) is 11.4. The third-order valence-corrected chi connectivity index (χ3v) is 2.87. The summed E-state index contributed by atoms with van der Waals surface area (Å²) in [4.78, 5) is 22.4. The normalized spacial score (nSPS) is 13.9. The van der Waals surface area contributed by atoms with Gasteiger partial charge in [0, 0.05) is 25.7 Å². The zero-order chi connectivity index (χ0) is 14.6. The number of amides is 1. The van der Waals surface area contributed by atoms with Gasteiger partial charge in [0.2, 0.25) is 5.91 Å². The van der Waals surface area contributed by atoms with Gasteiger partial charge in [-0.15, -0.1) is 0 Å². The number of aryl methyl sites for hydroxylation is 2. The van der Waals surface area contributed by atoms with E-state index in [0.29, 0.717) is 6.42 Å². The Hall–Kier alpha value is -1.89. The van der Waals surface area contributed by atoms with Gasteiger partial charge in [0.15, 0.2) is 0 Å². The predicted molar refractivity (Wildman–Crippen MR) is 69.4 cm³/mol. The van der Waals surface area contributed by atoms with Crippen molar-refractivity contribution < 1.29 is 14.7 Å². The van der Waals surface area contributed by atoms with Crippen molar-refractivity contribution in [1.82, 2.24) is 15.1 Å². The van der Waals surface area contributed by atoms with E-state index in [1.54, 1.807) is 11.7 Å². The predicted octanol–water partition coefficient (Wildman–Crippen LogP) is -0.565. The van der Waals surface area contributed by atoms with Gasteiger partial charge in [0.05, 0.1) is 17.7 Å². The van der Waals surface area contributed by atoms with Crippen LogP contribution in [0.5, 0.6) is 0 Å². The molecule has 0 spiro atoms. The van der Waals surface area contributed by atoms with Crippen LogP contribution in [0.4, 0.5) is 0 Å². The molecule has 0 aliphatic heterocycles. The second-order valence-electron chi connectivity index (χ2n) is 4.70. The lowest BCUT2D eigenvalue weighted by molar-refractivity contribution is -0.141. The Kier molecular flexibility index (Phi) is 5.05. The van der Waals surface area contributed by atoms with Crippen LogP contribution >= 0.6 is 0 Å². The van der Waals surface area contributed by atoms with E-state index in [1.807, 2.05) is 13.0 Å². The topological polar surface area (TPSA) is 110 Å². The van der Waals surface area contributed by atoms with Crippen LogP contribution in [0.15, 0.2) is 6.07 Å². The first-order valence-electron chi connectivity index (χ1n) is 6.07. The number of carboxylic acids is 1. The quantitative estimate of drug-likeness (QED) is 0.640. The summed E-state index contributed by atoms with van der Waals surface area (Å²) in [5.41, 5.74) is 7.52. The molecule has 1 aromatic heterocycles. The Labute approximate surface area is 111 Å². The average Bonchev–Trinajstić information content (AvgIpc) is 2.63. The molecule has 4 N–H and O–H groups in total. The molecule has 19 heavy (non-hydrogen) atoms. The lowest BCUT2D eigenvalue weighted by Crippen LogP contribution is -2.44. The molecule has 0 aliphatic rings. The highest BCUT2D eigenvalue weighted by molar-refractivity contribution is 5.82. The fraction of sp³-hybridized carbons (Fsp3) is 0.583. The second-order valence-corrected chi connectivity index (χ2v) is 4.70. The number of carboxylic acid groups (broad SMARTS) is 1. The number of hydrogen-bond acceptors (Lipinski definition) is 4. The molecule has 2 atom stereocenters. The third kappa shape index (κ3) is 4.36. The van der Waals surface area contributed by atoms with E-state index in [1.165, 1.54) is 6.92 Å². The number of nitrogens with zero attached hydrogens (tertiary/aromatic N) is 2. The number of carbonyl (C=O) groups is 2. The van der Waals surface area contributed by atoms with Gasteiger partial charge < -0.3 is 16.2 Å². The molecule has 106 valence electrons. The molecule has 1 amide bonds. The number of aliphatic carboxylic acids is 1. The number of aromatic nitrogens is 2. The van der Waals surface area contributed by atoms with E-state index in [9.17, 15) is 9.59 Å². The summed E-state index contributed by atoms with van der Waals surface area (Å²) in [6.07, 6.45) is 0.366. The van der Waals surface area contributed by atoms with Crippen LogP contribution in [-0.4, -0.2) is 39.4 Å². The van der Waals surface area contributed by atoms with E-state index in [-0.39, 0.29) is 12.5 Å². The summed E-state index contributed by atoms with van der Waals surface area (Å²) in [6.45, 7) is 3.47. The van der Waals surface area contributed by atoms with Gasteiger partial charge >= 0.3 is 5.97 Å². The average molecular weight is 268 g/mol. The lowest BCUT2D eigenvalue weighted by atomic mass is 10.1. The van der Waals surface area contributed by atoms with Crippen LogP contribution in [0.25, 0.3) is 0 Å². The van der Waals surface area contributed by atoms with Crippen LogP contribution in [0, 0.1) is 12.8 Å². The molecule has 1 heterocycles. The largest absolute Gasteiger partial charge is 0.481 e. The maximum atomic E-state index is 11.7. The van der Waals surface area contributed by atoms with Crippen molar-refractivity contribution in [3.63, 3.8) is 0 Å². The maximum absolute atomic E-state index is 11.7. The summed E-state index contributed by atoms with van der Waals surface area (Å²) >= 11 is 0. The van der Waals surface area contributed by atoms with Crippen LogP contribution in [-0.2, 0) is 23.1 Å². The summed E-state index contributed by atoms with van der Waals surface area (Å²) in [6, 6.07) is 1.16. The number of nitrogens with two attached hydrogens (primary N) is 1. The fourth-order valence-corrected chi connectivity index (χ4v) is 1.65. The first-order valence-corrected chi connectivity index (χ1v) is 6.07. The van der Waals surface area contributed by atoms with Crippen LogP contribution < -0.4 is 11.1 Å². The van der Waals surface area contributed by atoms with Gasteiger partial charge in [-0.25, -0.2) is 0 Å². The Morgan fingerprint density at radius 3 is 2.68 bits per heavy atom. The van der Waals surface area contributed by atoms with Crippen LogP contribution in [0.2, 0.25) is 0 Å². The van der Waals surface area contributed by atoms with Crippen LogP contribution in [0.3, 0.4) is 0 Å². The second kappa shape index (κ2) is 6.33. The van der Waals surface area contributed by atoms with Crippen molar-refractivity contribution in [2.45, 2.75) is 26.3 Å². The first kappa shape index (κ1) is 15.2. The summed E-state index contributed by atoms with van der Waals surface area (Å²) in [5.74, 6) is -1.93. The molecular weight excluding hydrogens is 248 g/mol. The minimum absolute atomic E-state index is 0.0757. The molecule has 7 heteroatoms. The van der Waals surface area contributed by atoms with Crippen molar-refractivity contribution in [1.29, 1.82) is 0 Å². The summed E-state index contributed by atoms with van der Waals surface area (Å²) in [7, 11) is 1.79. The van der Waals surface area contributed by atoms with Crippen molar-refractivity contribution in [3.8, 4) is 0 Å². The van der Waals surface area contributed by atoms with E-state index in [0.717, 1.165) is 11.4 Å². The van der Waals surface area contributed by atoms with E-state index < -0.39 is 17.9 Å². The van der Waals surface area contributed by atoms with Crippen molar-refractivity contribution in [3.05, 3.63) is 17.5 Å². The number of rotatable bonds is 6. The highest BCUT2D eigenvalue weighted by atomic mass is 16.4.